The lowest BCUT2D eigenvalue weighted by molar-refractivity contribution is 0.0468. The second kappa shape index (κ2) is 8.30. The van der Waals surface area contributed by atoms with Crippen molar-refractivity contribution in [2.45, 2.75) is 19.4 Å². The standard InChI is InChI=1S/C25H19F3O3/c1-14-18(9-17-6-7-20(29)11-21(14)17)8-15-2-4-16(5-3-15)25(30)31-13-19-10-23(27)24(28)12-22(19)26/h2-7,10-12,18,29H,1,8-9,13H2. The number of hydrogen-bond donors (Lipinski definition) is 1. The van der Waals surface area contributed by atoms with Crippen LogP contribution in [0.1, 0.15) is 32.6 Å². The van der Waals surface area contributed by atoms with Gasteiger partial charge in [0.15, 0.2) is 11.6 Å². The average molecular weight is 424 g/mol. The van der Waals surface area contributed by atoms with Gasteiger partial charge in [-0.1, -0.05) is 24.8 Å². The van der Waals surface area contributed by atoms with Gasteiger partial charge in [-0.25, -0.2) is 18.0 Å². The number of benzene rings is 3. The Balaban J connectivity index is 1.38. The van der Waals surface area contributed by atoms with Crippen LogP contribution in [0.5, 0.6) is 5.75 Å². The zero-order valence-corrected chi connectivity index (χ0v) is 16.5. The summed E-state index contributed by atoms with van der Waals surface area (Å²) in [6.45, 7) is 3.66. The number of phenols is 1. The van der Waals surface area contributed by atoms with Gasteiger partial charge in [0.1, 0.15) is 18.2 Å². The van der Waals surface area contributed by atoms with Gasteiger partial charge in [-0.3, -0.25) is 0 Å². The van der Waals surface area contributed by atoms with Gasteiger partial charge in [0.05, 0.1) is 5.56 Å². The molecular weight excluding hydrogens is 405 g/mol. The fourth-order valence-corrected chi connectivity index (χ4v) is 3.81. The van der Waals surface area contributed by atoms with Crippen LogP contribution in [0.4, 0.5) is 13.2 Å². The van der Waals surface area contributed by atoms with E-state index in [1.165, 1.54) is 0 Å². The molecule has 1 aliphatic carbocycles. The van der Waals surface area contributed by atoms with E-state index in [9.17, 15) is 23.1 Å². The number of halogens is 3. The summed E-state index contributed by atoms with van der Waals surface area (Å²) in [6, 6.07) is 13.2. The molecule has 4 rings (SSSR count). The predicted molar refractivity (Wildman–Crippen MR) is 110 cm³/mol. The monoisotopic (exact) mass is 424 g/mol. The van der Waals surface area contributed by atoms with Gasteiger partial charge in [0.25, 0.3) is 0 Å². The van der Waals surface area contributed by atoms with E-state index < -0.39 is 30.0 Å². The molecule has 0 amide bonds. The maximum absolute atomic E-state index is 13.7. The Labute approximate surface area is 177 Å². The van der Waals surface area contributed by atoms with Crippen molar-refractivity contribution in [2.75, 3.05) is 0 Å². The van der Waals surface area contributed by atoms with Crippen LogP contribution in [0.15, 0.2) is 61.2 Å². The number of allylic oxidation sites excluding steroid dienone is 1. The number of rotatable bonds is 5. The molecule has 0 saturated carbocycles. The van der Waals surface area contributed by atoms with E-state index in [2.05, 4.69) is 6.58 Å². The average Bonchev–Trinajstić information content (AvgIpc) is 3.05. The highest BCUT2D eigenvalue weighted by molar-refractivity contribution is 5.89. The number of aromatic hydroxyl groups is 1. The summed E-state index contributed by atoms with van der Waals surface area (Å²) in [5.41, 5.74) is 4.14. The first kappa shape index (κ1) is 20.7. The minimum atomic E-state index is -1.30. The number of carbonyl (C=O) groups excluding carboxylic acids is 1. The van der Waals surface area contributed by atoms with E-state index in [1.807, 2.05) is 18.2 Å². The van der Waals surface area contributed by atoms with Crippen LogP contribution in [-0.2, 0) is 24.2 Å². The van der Waals surface area contributed by atoms with Crippen LogP contribution >= 0.6 is 0 Å². The molecule has 0 bridgehead atoms. The zero-order valence-electron chi connectivity index (χ0n) is 16.5. The first-order valence-corrected chi connectivity index (χ1v) is 9.72. The molecule has 1 atom stereocenters. The SMILES string of the molecule is C=C1c2cc(O)ccc2CC1Cc1ccc(C(=O)OCc2cc(F)c(F)cc2F)cc1. The van der Waals surface area contributed by atoms with Crippen LogP contribution < -0.4 is 0 Å². The minimum absolute atomic E-state index is 0.200. The van der Waals surface area contributed by atoms with Crippen molar-refractivity contribution in [3.63, 3.8) is 0 Å². The number of fused-ring (bicyclic) bond motifs is 1. The Bertz CT molecular complexity index is 1170. The molecule has 0 spiro atoms. The van der Waals surface area contributed by atoms with Crippen molar-refractivity contribution in [3.8, 4) is 5.75 Å². The smallest absolute Gasteiger partial charge is 0.338 e. The van der Waals surface area contributed by atoms with E-state index in [1.54, 1.807) is 24.3 Å². The summed E-state index contributed by atoms with van der Waals surface area (Å²) in [6.07, 6.45) is 1.56. The summed E-state index contributed by atoms with van der Waals surface area (Å²) >= 11 is 0. The fourth-order valence-electron chi connectivity index (χ4n) is 3.81. The molecule has 3 aromatic carbocycles. The van der Waals surface area contributed by atoms with Gasteiger partial charge in [-0.05, 0) is 71.4 Å². The lowest BCUT2D eigenvalue weighted by Gasteiger charge is -2.12. The number of esters is 1. The molecule has 1 N–H and O–H groups in total. The molecule has 1 aliphatic rings. The Morgan fingerprint density at radius 1 is 1.00 bits per heavy atom. The van der Waals surface area contributed by atoms with Gasteiger partial charge in [-0.2, -0.15) is 0 Å². The predicted octanol–water partition coefficient (Wildman–Crippen LogP) is 5.59. The number of ether oxygens (including phenoxy) is 1. The number of hydrogen-bond acceptors (Lipinski definition) is 3. The Morgan fingerprint density at radius 2 is 1.71 bits per heavy atom. The molecule has 0 saturated heterocycles. The highest BCUT2D eigenvalue weighted by Crippen LogP contribution is 2.39. The maximum Gasteiger partial charge on any atom is 0.338 e. The second-order valence-corrected chi connectivity index (χ2v) is 7.60. The van der Waals surface area contributed by atoms with E-state index >= 15 is 0 Å². The lowest BCUT2D eigenvalue weighted by Crippen LogP contribution is -2.08. The molecule has 3 aromatic rings. The second-order valence-electron chi connectivity index (χ2n) is 7.60. The van der Waals surface area contributed by atoms with E-state index in [4.69, 9.17) is 4.74 Å². The molecule has 3 nitrogen and oxygen atoms in total. The summed E-state index contributed by atoms with van der Waals surface area (Å²) in [5.74, 6) is -3.76. The quantitative estimate of drug-likeness (QED) is 0.429. The van der Waals surface area contributed by atoms with Gasteiger partial charge < -0.3 is 9.84 Å². The molecule has 0 aromatic heterocycles. The molecule has 6 heteroatoms. The van der Waals surface area contributed by atoms with Gasteiger partial charge >= 0.3 is 5.97 Å². The first-order chi connectivity index (χ1) is 14.8. The van der Waals surface area contributed by atoms with E-state index in [0.29, 0.717) is 12.1 Å². The lowest BCUT2D eigenvalue weighted by atomic mass is 9.93. The van der Waals surface area contributed by atoms with Gasteiger partial charge in [-0.15, -0.1) is 0 Å². The minimum Gasteiger partial charge on any atom is -0.508 e. The maximum atomic E-state index is 13.7. The van der Waals surface area contributed by atoms with E-state index in [-0.39, 0.29) is 22.8 Å². The van der Waals surface area contributed by atoms with Crippen LogP contribution in [0, 0.1) is 23.4 Å². The van der Waals surface area contributed by atoms with Crippen molar-refractivity contribution < 1.29 is 27.8 Å². The summed E-state index contributed by atoms with van der Waals surface area (Å²) in [5, 5.41) is 9.69. The molecule has 1 unspecified atom stereocenters. The third-order valence-electron chi connectivity index (χ3n) is 5.52. The largest absolute Gasteiger partial charge is 0.508 e. The molecule has 0 radical (unpaired) electrons. The van der Waals surface area contributed by atoms with Crippen molar-refractivity contribution >= 4 is 11.5 Å². The first-order valence-electron chi connectivity index (χ1n) is 9.72. The Morgan fingerprint density at radius 3 is 2.45 bits per heavy atom. The van der Waals surface area contributed by atoms with Gasteiger partial charge in [0, 0.05) is 11.6 Å². The van der Waals surface area contributed by atoms with Crippen molar-refractivity contribution in [1.29, 1.82) is 0 Å². The van der Waals surface area contributed by atoms with Crippen molar-refractivity contribution in [2.24, 2.45) is 5.92 Å². The Hall–Kier alpha value is -3.54. The van der Waals surface area contributed by atoms with Crippen LogP contribution in [0.25, 0.3) is 5.57 Å². The normalized spacial score (nSPS) is 15.1. The van der Waals surface area contributed by atoms with Crippen LogP contribution in [0.3, 0.4) is 0 Å². The molecule has 0 fully saturated rings. The molecule has 158 valence electrons. The van der Waals surface area contributed by atoms with Crippen molar-refractivity contribution in [1.82, 2.24) is 0 Å². The third-order valence-corrected chi connectivity index (χ3v) is 5.52. The number of phenolic OH excluding ortho intramolecular Hbond substituents is 1. The molecule has 31 heavy (non-hydrogen) atoms. The molecular formula is C25H19F3O3. The summed E-state index contributed by atoms with van der Waals surface area (Å²) in [4.78, 5) is 12.2. The highest BCUT2D eigenvalue weighted by atomic mass is 19.2. The topological polar surface area (TPSA) is 46.5 Å². The van der Waals surface area contributed by atoms with Gasteiger partial charge in [0.2, 0.25) is 0 Å². The highest BCUT2D eigenvalue weighted by Gasteiger charge is 2.26. The summed E-state index contributed by atoms with van der Waals surface area (Å²) in [7, 11) is 0. The molecule has 0 aliphatic heterocycles. The van der Waals surface area contributed by atoms with Crippen molar-refractivity contribution in [3.05, 3.63) is 106 Å². The summed E-state index contributed by atoms with van der Waals surface area (Å²) < 4.78 is 44.9. The van der Waals surface area contributed by atoms with Crippen LogP contribution in [-0.4, -0.2) is 11.1 Å². The van der Waals surface area contributed by atoms with Crippen LogP contribution in [0.2, 0.25) is 0 Å². The zero-order chi connectivity index (χ0) is 22.1. The fraction of sp³-hybridized carbons (Fsp3) is 0.160. The number of carbonyl (C=O) groups is 1. The van der Waals surface area contributed by atoms with E-state index in [0.717, 1.165) is 35.1 Å². The third kappa shape index (κ3) is 4.33. The Kier molecular flexibility index (Phi) is 5.55. The molecule has 0 heterocycles.